The summed E-state index contributed by atoms with van der Waals surface area (Å²) in [6.45, 7) is 13.0. The van der Waals surface area contributed by atoms with Crippen molar-refractivity contribution in [1.29, 1.82) is 0 Å². The number of hydrogen-bond donors (Lipinski definition) is 0. The van der Waals surface area contributed by atoms with Crippen LogP contribution in [0.15, 0.2) is 85.0 Å². The van der Waals surface area contributed by atoms with Crippen molar-refractivity contribution < 1.29 is 77.2 Å². The van der Waals surface area contributed by atoms with Gasteiger partial charge in [0, 0.05) is 0 Å². The Kier molecular flexibility index (Phi) is 27.0. The van der Waals surface area contributed by atoms with Crippen molar-refractivity contribution >= 4 is 21.5 Å². The first-order valence-electron chi connectivity index (χ1n) is 12.1. The molecule has 0 saturated heterocycles. The maximum absolute atomic E-state index is 2.99. The van der Waals surface area contributed by atoms with Gasteiger partial charge in [-0.2, -0.15) is 36.4 Å². The van der Waals surface area contributed by atoms with Crippen LogP contribution in [0.2, 0.25) is 0 Å². The molecule has 2 aliphatic rings. The molecule has 0 nitrogen and oxygen atoms in total. The molecule has 0 aromatic heterocycles. The van der Waals surface area contributed by atoms with Crippen molar-refractivity contribution in [2.75, 3.05) is 0 Å². The second kappa shape index (κ2) is 23.5. The smallest absolute Gasteiger partial charge is 1.00 e. The average Bonchev–Trinajstić information content (AvgIpc) is 3.59. The number of fused-ring (bicyclic) bond motifs is 2. The Morgan fingerprint density at radius 3 is 1.20 bits per heavy atom. The average molecular weight is 728 g/mol. The Hall–Kier alpha value is -1.03. The molecule has 0 heterocycles. The van der Waals surface area contributed by atoms with E-state index in [-0.39, 0.29) is 92.1 Å². The summed E-state index contributed by atoms with van der Waals surface area (Å²) in [5, 5.41) is 5.62. The van der Waals surface area contributed by atoms with Gasteiger partial charge in [-0.25, -0.2) is 24.3 Å². The van der Waals surface area contributed by atoms with E-state index in [1.807, 2.05) is 24.3 Å². The third kappa shape index (κ3) is 13.8. The van der Waals surface area contributed by atoms with Gasteiger partial charge in [-0.15, -0.1) is 68.8 Å². The van der Waals surface area contributed by atoms with Crippen molar-refractivity contribution in [3.63, 3.8) is 0 Å². The van der Waals surface area contributed by atoms with E-state index in [0.717, 1.165) is 12.8 Å². The minimum Gasteiger partial charge on any atom is -1.00 e. The number of halogens is 2. The monoisotopic (exact) mass is 724 g/mol. The van der Waals surface area contributed by atoms with Crippen molar-refractivity contribution in [3.8, 4) is 0 Å². The van der Waals surface area contributed by atoms with Crippen molar-refractivity contribution in [1.82, 2.24) is 0 Å². The van der Waals surface area contributed by atoms with E-state index in [1.54, 1.807) is 0 Å². The Balaban J connectivity index is -0.000000219. The molecule has 0 radical (unpaired) electrons. The third-order valence-electron chi connectivity index (χ3n) is 6.01. The molecule has 40 heavy (non-hydrogen) atoms. The molecule has 6 rings (SSSR count). The number of benzene rings is 2. The molecule has 0 spiro atoms. The van der Waals surface area contributed by atoms with Crippen LogP contribution in [0.1, 0.15) is 46.2 Å². The molecular formula is C36H42Cl2Zr2. The van der Waals surface area contributed by atoms with Crippen LogP contribution in [0.4, 0.5) is 0 Å². The third-order valence-corrected chi connectivity index (χ3v) is 6.01. The first-order chi connectivity index (χ1) is 16.4. The summed E-state index contributed by atoms with van der Waals surface area (Å²) in [7, 11) is 0. The molecule has 0 atom stereocenters. The number of allylic oxidation sites excluding steroid dienone is 8. The van der Waals surface area contributed by atoms with Crippen LogP contribution < -0.4 is 24.8 Å². The summed E-state index contributed by atoms with van der Waals surface area (Å²) >= 11 is 0. The molecule has 0 amide bonds. The number of aryl methyl sites for hydroxylation is 6. The molecule has 4 aromatic rings. The normalized spacial score (nSPS) is 10.9. The summed E-state index contributed by atoms with van der Waals surface area (Å²) in [6.07, 6.45) is 20.0. The van der Waals surface area contributed by atoms with Gasteiger partial charge in [0.1, 0.15) is 0 Å². The van der Waals surface area contributed by atoms with Crippen LogP contribution in [0.25, 0.3) is 21.5 Å². The molecule has 208 valence electrons. The van der Waals surface area contributed by atoms with Crippen molar-refractivity contribution in [2.24, 2.45) is 0 Å². The zero-order chi connectivity index (χ0) is 24.5. The molecule has 4 heteroatoms. The molecule has 4 aromatic carbocycles. The predicted molar refractivity (Wildman–Crippen MR) is 163 cm³/mol. The van der Waals surface area contributed by atoms with Gasteiger partial charge in [0.05, 0.1) is 0 Å². The van der Waals surface area contributed by atoms with Gasteiger partial charge in [-0.1, -0.05) is 51.0 Å². The molecule has 2 aliphatic carbocycles. The molecule has 0 bridgehead atoms. The SMILES string of the molecule is Cc1cc(C)c2c(cc[c-]2C)c1.Cc1cc(C)c2c(cc[c-]2C)c1.[C-]1=CC=CC1.[C-]1=CC=CC1.[CH3-].[CH3-].[Cl-].[Cl-].[Zr+4].[Zr+4]. The van der Waals surface area contributed by atoms with E-state index in [1.165, 1.54) is 54.9 Å². The van der Waals surface area contributed by atoms with Gasteiger partial charge in [0.15, 0.2) is 0 Å². The summed E-state index contributed by atoms with van der Waals surface area (Å²) < 4.78 is 0. The zero-order valence-electron chi connectivity index (χ0n) is 25.3. The fourth-order valence-electron chi connectivity index (χ4n) is 4.62. The first kappa shape index (κ1) is 45.9. The van der Waals surface area contributed by atoms with Crippen LogP contribution in [0.3, 0.4) is 0 Å². The fraction of sp³-hybridized carbons (Fsp3) is 0.222. The van der Waals surface area contributed by atoms with Crippen LogP contribution in [0, 0.1) is 68.5 Å². The Morgan fingerprint density at radius 1 is 0.600 bits per heavy atom. The predicted octanol–water partition coefficient (Wildman–Crippen LogP) is 4.48. The topological polar surface area (TPSA) is 0 Å². The maximum Gasteiger partial charge on any atom is 4.00 e. The standard InChI is InChI=1S/2C12H13.2C5H5.2CH3.2ClH.2Zr/c2*1-8-6-10(3)12-9(2)4-5-11(12)7-8;2*1-2-4-5-3-1;;;;;;/h2*4-7H,1-3H3;2*1-3H,4H2;2*1H3;2*1H;;/q6*-1;;;2*+4/p-2. The first-order valence-corrected chi connectivity index (χ1v) is 12.1. The molecule has 0 N–H and O–H groups in total. The Bertz CT molecular complexity index is 1240. The van der Waals surface area contributed by atoms with E-state index in [9.17, 15) is 0 Å². The fourth-order valence-corrected chi connectivity index (χ4v) is 4.62. The Labute approximate surface area is 295 Å². The van der Waals surface area contributed by atoms with Gasteiger partial charge in [-0.3, -0.25) is 12.2 Å². The van der Waals surface area contributed by atoms with Crippen LogP contribution >= 0.6 is 0 Å². The summed E-state index contributed by atoms with van der Waals surface area (Å²) in [5.74, 6) is 0. The minimum absolute atomic E-state index is 0. The Morgan fingerprint density at radius 2 is 0.950 bits per heavy atom. The van der Waals surface area contributed by atoms with E-state index < -0.39 is 0 Å². The van der Waals surface area contributed by atoms with E-state index in [4.69, 9.17) is 0 Å². The molecule has 0 fully saturated rings. The van der Waals surface area contributed by atoms with E-state index >= 15 is 0 Å². The van der Waals surface area contributed by atoms with Gasteiger partial charge < -0.3 is 39.7 Å². The maximum atomic E-state index is 2.99. The number of hydrogen-bond acceptors (Lipinski definition) is 0. The van der Waals surface area contributed by atoms with Gasteiger partial charge in [0.2, 0.25) is 0 Å². The van der Waals surface area contributed by atoms with Crippen LogP contribution in [-0.4, -0.2) is 0 Å². The summed E-state index contributed by atoms with van der Waals surface area (Å²) in [5.41, 5.74) is 8.28. The van der Waals surface area contributed by atoms with Crippen LogP contribution in [-0.2, 0) is 52.4 Å². The van der Waals surface area contributed by atoms with E-state index in [0.29, 0.717) is 0 Å². The van der Waals surface area contributed by atoms with Gasteiger partial charge in [0.25, 0.3) is 0 Å². The second-order valence-corrected chi connectivity index (χ2v) is 9.13. The van der Waals surface area contributed by atoms with Crippen LogP contribution in [0.5, 0.6) is 0 Å². The van der Waals surface area contributed by atoms with Crippen molar-refractivity contribution in [3.05, 3.63) is 145 Å². The second-order valence-electron chi connectivity index (χ2n) is 9.13. The van der Waals surface area contributed by atoms with Crippen molar-refractivity contribution in [2.45, 2.75) is 54.4 Å². The minimum atomic E-state index is 0. The van der Waals surface area contributed by atoms with Gasteiger partial charge >= 0.3 is 52.4 Å². The molecule has 0 saturated carbocycles. The summed E-state index contributed by atoms with van der Waals surface area (Å²) in [4.78, 5) is 0. The molecule has 0 unspecified atom stereocenters. The van der Waals surface area contributed by atoms with Gasteiger partial charge in [-0.05, 0) is 13.8 Å². The molecule has 0 aliphatic heterocycles. The number of rotatable bonds is 0. The van der Waals surface area contributed by atoms with E-state index in [2.05, 4.69) is 114 Å². The summed E-state index contributed by atoms with van der Waals surface area (Å²) in [6, 6.07) is 17.8. The quantitative estimate of drug-likeness (QED) is 0.235. The zero-order valence-corrected chi connectivity index (χ0v) is 31.7. The largest absolute Gasteiger partial charge is 4.00 e. The molecular weight excluding hydrogens is 686 g/mol.